The second-order valence-corrected chi connectivity index (χ2v) is 5.04. The van der Waals surface area contributed by atoms with Crippen LogP contribution in [0.1, 0.15) is 38.0 Å². The van der Waals surface area contributed by atoms with Gasteiger partial charge in [0, 0.05) is 11.4 Å². The number of rotatable bonds is 9. The lowest BCUT2D eigenvalue weighted by atomic mass is 10.2. The first-order chi connectivity index (χ1) is 7.86. The molecule has 1 rings (SSSR count). The third-order valence-electron chi connectivity index (χ3n) is 2.45. The molecule has 0 saturated heterocycles. The van der Waals surface area contributed by atoms with Gasteiger partial charge in [-0.15, -0.1) is 11.3 Å². The second kappa shape index (κ2) is 8.74. The third kappa shape index (κ3) is 5.64. The Morgan fingerprint density at radius 2 is 2.25 bits per heavy atom. The summed E-state index contributed by atoms with van der Waals surface area (Å²) in [5.41, 5.74) is 0. The highest BCUT2D eigenvalue weighted by Crippen LogP contribution is 2.12. The van der Waals surface area contributed by atoms with E-state index in [0.29, 0.717) is 6.10 Å². The highest BCUT2D eigenvalue weighted by atomic mass is 32.1. The van der Waals surface area contributed by atoms with Gasteiger partial charge in [0.1, 0.15) is 0 Å². The molecule has 1 unspecified atom stereocenters. The minimum Gasteiger partial charge on any atom is -0.371 e. The van der Waals surface area contributed by atoms with Crippen molar-refractivity contribution < 1.29 is 4.74 Å². The Bertz CT molecular complexity index is 248. The third-order valence-corrected chi connectivity index (χ3v) is 3.30. The lowest BCUT2D eigenvalue weighted by Gasteiger charge is -2.17. The van der Waals surface area contributed by atoms with Crippen LogP contribution in [0.4, 0.5) is 0 Å². The van der Waals surface area contributed by atoms with Crippen LogP contribution >= 0.6 is 11.3 Å². The molecular formula is C13H23NOS. The predicted molar refractivity (Wildman–Crippen MR) is 71.0 cm³/mol. The molecule has 1 aromatic heterocycles. The van der Waals surface area contributed by atoms with E-state index in [4.69, 9.17) is 4.74 Å². The molecule has 0 bridgehead atoms. The van der Waals surface area contributed by atoms with Gasteiger partial charge in [-0.2, -0.15) is 0 Å². The minimum atomic E-state index is 0.360. The fourth-order valence-electron chi connectivity index (χ4n) is 1.60. The van der Waals surface area contributed by atoms with E-state index in [1.54, 1.807) is 11.3 Å². The molecule has 1 aromatic rings. The quantitative estimate of drug-likeness (QED) is 0.669. The van der Waals surface area contributed by atoms with E-state index in [1.165, 1.54) is 17.7 Å². The van der Waals surface area contributed by atoms with Gasteiger partial charge in [-0.3, -0.25) is 0 Å². The van der Waals surface area contributed by atoms with Gasteiger partial charge in [0.15, 0.2) is 0 Å². The molecule has 1 atom stereocenters. The monoisotopic (exact) mass is 241 g/mol. The molecule has 0 aliphatic carbocycles. The van der Waals surface area contributed by atoms with Crippen LogP contribution in [0.15, 0.2) is 17.5 Å². The van der Waals surface area contributed by atoms with Gasteiger partial charge >= 0.3 is 0 Å². The summed E-state index contributed by atoms with van der Waals surface area (Å²) in [7, 11) is 0. The Balaban J connectivity index is 2.21. The molecule has 92 valence electrons. The molecule has 0 amide bonds. The second-order valence-electron chi connectivity index (χ2n) is 4.01. The Morgan fingerprint density at radius 3 is 2.88 bits per heavy atom. The van der Waals surface area contributed by atoms with Gasteiger partial charge in [0.2, 0.25) is 0 Å². The molecule has 0 aromatic carbocycles. The molecule has 0 aliphatic rings. The predicted octanol–water partition coefficient (Wildman–Crippen LogP) is 3.43. The van der Waals surface area contributed by atoms with E-state index in [0.717, 1.165) is 26.1 Å². The van der Waals surface area contributed by atoms with Crippen LogP contribution in [-0.4, -0.2) is 19.2 Å². The largest absolute Gasteiger partial charge is 0.371 e. The summed E-state index contributed by atoms with van der Waals surface area (Å²) in [4.78, 5) is 1.32. The van der Waals surface area contributed by atoms with Crippen molar-refractivity contribution in [3.8, 4) is 0 Å². The minimum absolute atomic E-state index is 0.360. The number of hydrogen-bond donors (Lipinski definition) is 1. The maximum atomic E-state index is 5.92. The van der Waals surface area contributed by atoms with Gasteiger partial charge in [0.25, 0.3) is 0 Å². The summed E-state index contributed by atoms with van der Waals surface area (Å²) in [5.74, 6) is 0. The van der Waals surface area contributed by atoms with Gasteiger partial charge in [0.05, 0.1) is 12.7 Å². The van der Waals surface area contributed by atoms with Crippen LogP contribution in [0.2, 0.25) is 0 Å². The summed E-state index contributed by atoms with van der Waals surface area (Å²) >= 11 is 1.77. The van der Waals surface area contributed by atoms with Crippen LogP contribution in [0.3, 0.4) is 0 Å². The highest BCUT2D eigenvalue weighted by molar-refractivity contribution is 7.09. The zero-order valence-corrected chi connectivity index (χ0v) is 11.2. The van der Waals surface area contributed by atoms with Gasteiger partial charge in [-0.05, 0) is 30.8 Å². The Kier molecular flexibility index (Phi) is 7.47. The molecule has 0 saturated carbocycles. The van der Waals surface area contributed by atoms with Crippen molar-refractivity contribution in [2.45, 2.75) is 45.8 Å². The molecule has 3 heteroatoms. The van der Waals surface area contributed by atoms with Crippen LogP contribution in [0.5, 0.6) is 0 Å². The summed E-state index contributed by atoms with van der Waals surface area (Å²) in [6.45, 7) is 7.22. The SMILES string of the molecule is CCCNCC(CCC)OCc1cccs1. The summed E-state index contributed by atoms with van der Waals surface area (Å²) in [5, 5.41) is 5.53. The van der Waals surface area contributed by atoms with Crippen molar-refractivity contribution >= 4 is 11.3 Å². The number of ether oxygens (including phenoxy) is 1. The summed E-state index contributed by atoms with van der Waals surface area (Å²) in [6.07, 6.45) is 3.87. The van der Waals surface area contributed by atoms with Crippen molar-refractivity contribution in [1.82, 2.24) is 5.32 Å². The topological polar surface area (TPSA) is 21.3 Å². The van der Waals surface area contributed by atoms with Gasteiger partial charge in [-0.1, -0.05) is 26.3 Å². The number of hydrogen-bond acceptors (Lipinski definition) is 3. The standard InChI is InChI=1S/C13H23NOS/c1-3-6-12(10-14-8-4-2)15-11-13-7-5-9-16-13/h5,7,9,12,14H,3-4,6,8,10-11H2,1-2H3. The molecule has 0 aliphatic heterocycles. The normalized spacial score (nSPS) is 12.9. The molecule has 1 N–H and O–H groups in total. The van der Waals surface area contributed by atoms with Crippen molar-refractivity contribution in [3.05, 3.63) is 22.4 Å². The summed E-state index contributed by atoms with van der Waals surface area (Å²) < 4.78 is 5.92. The average Bonchev–Trinajstić information content (AvgIpc) is 2.79. The lowest BCUT2D eigenvalue weighted by molar-refractivity contribution is 0.0364. The first-order valence-corrected chi connectivity index (χ1v) is 7.09. The zero-order valence-electron chi connectivity index (χ0n) is 10.4. The summed E-state index contributed by atoms with van der Waals surface area (Å²) in [6, 6.07) is 4.21. The van der Waals surface area contributed by atoms with Crippen molar-refractivity contribution in [2.24, 2.45) is 0 Å². The van der Waals surface area contributed by atoms with E-state index in [2.05, 4.69) is 36.7 Å². The Morgan fingerprint density at radius 1 is 1.38 bits per heavy atom. The molecule has 0 fully saturated rings. The van der Waals surface area contributed by atoms with Gasteiger partial charge < -0.3 is 10.1 Å². The molecule has 2 nitrogen and oxygen atoms in total. The van der Waals surface area contributed by atoms with Crippen LogP contribution in [0, 0.1) is 0 Å². The highest BCUT2D eigenvalue weighted by Gasteiger charge is 2.07. The number of nitrogens with one attached hydrogen (secondary N) is 1. The van der Waals surface area contributed by atoms with Crippen LogP contribution in [0.25, 0.3) is 0 Å². The van der Waals surface area contributed by atoms with Crippen molar-refractivity contribution in [2.75, 3.05) is 13.1 Å². The van der Waals surface area contributed by atoms with E-state index in [9.17, 15) is 0 Å². The fourth-order valence-corrected chi connectivity index (χ4v) is 2.23. The Hall–Kier alpha value is -0.380. The fraction of sp³-hybridized carbons (Fsp3) is 0.692. The number of thiophene rings is 1. The molecule has 1 heterocycles. The maximum Gasteiger partial charge on any atom is 0.0813 e. The van der Waals surface area contributed by atoms with Crippen molar-refractivity contribution in [1.29, 1.82) is 0 Å². The first-order valence-electron chi connectivity index (χ1n) is 6.21. The van der Waals surface area contributed by atoms with Crippen LogP contribution < -0.4 is 5.32 Å². The van der Waals surface area contributed by atoms with E-state index in [1.807, 2.05) is 0 Å². The zero-order chi connectivity index (χ0) is 11.6. The molecule has 16 heavy (non-hydrogen) atoms. The first kappa shape index (κ1) is 13.7. The van der Waals surface area contributed by atoms with Crippen molar-refractivity contribution in [3.63, 3.8) is 0 Å². The lowest BCUT2D eigenvalue weighted by Crippen LogP contribution is -2.29. The molecule has 0 radical (unpaired) electrons. The average molecular weight is 241 g/mol. The van der Waals surface area contributed by atoms with Gasteiger partial charge in [-0.25, -0.2) is 0 Å². The Labute approximate surface area is 103 Å². The smallest absolute Gasteiger partial charge is 0.0813 e. The maximum absolute atomic E-state index is 5.92. The van der Waals surface area contributed by atoms with E-state index >= 15 is 0 Å². The van der Waals surface area contributed by atoms with E-state index < -0.39 is 0 Å². The molecular weight excluding hydrogens is 218 g/mol. The van der Waals surface area contributed by atoms with E-state index in [-0.39, 0.29) is 0 Å². The van der Waals surface area contributed by atoms with Crippen LogP contribution in [-0.2, 0) is 11.3 Å². The molecule has 0 spiro atoms.